The number of para-hydroxylation sites is 1. The number of halogens is 2. The van der Waals surface area contributed by atoms with Crippen LogP contribution in [0.2, 0.25) is 5.02 Å². The predicted molar refractivity (Wildman–Crippen MR) is 144 cm³/mol. The van der Waals surface area contributed by atoms with Crippen LogP contribution in [0.25, 0.3) is 0 Å². The van der Waals surface area contributed by atoms with Gasteiger partial charge < -0.3 is 14.4 Å². The molecule has 0 saturated carbocycles. The summed E-state index contributed by atoms with van der Waals surface area (Å²) in [6.45, 7) is 0.750. The van der Waals surface area contributed by atoms with Crippen molar-refractivity contribution in [3.8, 4) is 5.75 Å². The number of rotatable bonds is 9. The van der Waals surface area contributed by atoms with Crippen molar-refractivity contribution in [3.63, 3.8) is 0 Å². The smallest absolute Gasteiger partial charge is 0.243 e. The number of carbonyl (C=O) groups is 1. The Hall–Kier alpha value is -2.50. The maximum Gasteiger partial charge on any atom is 0.243 e. The van der Waals surface area contributed by atoms with Gasteiger partial charge in [-0.2, -0.15) is 4.31 Å². The molecule has 1 amide bonds. The van der Waals surface area contributed by atoms with Crippen molar-refractivity contribution >= 4 is 38.9 Å². The number of fused-ring (bicyclic) bond motifs is 1. The molecule has 0 radical (unpaired) electrons. The monoisotopic (exact) mass is 578 g/mol. The van der Waals surface area contributed by atoms with E-state index < -0.39 is 21.9 Å². The van der Waals surface area contributed by atoms with Gasteiger partial charge in [0.15, 0.2) is 11.6 Å². The van der Waals surface area contributed by atoms with E-state index in [1.54, 1.807) is 34.4 Å². The zero-order chi connectivity index (χ0) is 26.7. The van der Waals surface area contributed by atoms with E-state index in [-0.39, 0.29) is 42.4 Å². The number of nitrogens with zero attached hydrogens (tertiary/aromatic N) is 2. The van der Waals surface area contributed by atoms with E-state index in [9.17, 15) is 17.6 Å². The van der Waals surface area contributed by atoms with Gasteiger partial charge in [0.05, 0.1) is 23.6 Å². The number of amides is 1. The van der Waals surface area contributed by atoms with Crippen LogP contribution in [-0.4, -0.2) is 62.5 Å². The quantitative estimate of drug-likeness (QED) is 0.360. The van der Waals surface area contributed by atoms with Crippen LogP contribution in [0.1, 0.15) is 29.3 Å². The number of thiophene rings is 1. The normalized spacial score (nSPS) is 19.5. The first-order valence-electron chi connectivity index (χ1n) is 12.4. The van der Waals surface area contributed by atoms with Gasteiger partial charge in [-0.1, -0.05) is 23.7 Å². The van der Waals surface area contributed by atoms with Crippen LogP contribution >= 0.6 is 22.9 Å². The molecular formula is C27H28ClFN2O5S2. The summed E-state index contributed by atoms with van der Waals surface area (Å²) < 4.78 is 54.2. The third-order valence-electron chi connectivity index (χ3n) is 6.84. The van der Waals surface area contributed by atoms with E-state index in [0.717, 1.165) is 23.3 Å². The minimum absolute atomic E-state index is 0.0477. The van der Waals surface area contributed by atoms with Crippen LogP contribution in [0.4, 0.5) is 4.39 Å². The lowest BCUT2D eigenvalue weighted by molar-refractivity contribution is -0.135. The van der Waals surface area contributed by atoms with Gasteiger partial charge in [0.25, 0.3) is 0 Å². The summed E-state index contributed by atoms with van der Waals surface area (Å²) >= 11 is 7.58. The standard InChI is InChI=1S/C27H28ClFN2O5S2/c28-19-7-9-21(10-8-19)38(33,34)30(16-20-4-3-14-35-20)17-27(32)31-13-11-26-22(12-15-37-26)24(31)18-36-25-6-2-1-5-23(25)29/h1-2,5-10,12,15,20,24H,3-4,11,13-14,16-18H2/t20-,24+/m1/s1. The van der Waals surface area contributed by atoms with Gasteiger partial charge in [0.2, 0.25) is 15.9 Å². The molecule has 0 N–H and O–H groups in total. The zero-order valence-corrected chi connectivity index (χ0v) is 23.0. The Labute approximate surface area is 230 Å². The van der Waals surface area contributed by atoms with Crippen LogP contribution in [0, 0.1) is 5.82 Å². The van der Waals surface area contributed by atoms with Gasteiger partial charge >= 0.3 is 0 Å². The molecule has 0 bridgehead atoms. The summed E-state index contributed by atoms with van der Waals surface area (Å²) in [5.74, 6) is -0.726. The zero-order valence-electron chi connectivity index (χ0n) is 20.6. The van der Waals surface area contributed by atoms with Crippen molar-refractivity contribution in [1.29, 1.82) is 0 Å². The molecule has 11 heteroatoms. The van der Waals surface area contributed by atoms with Crippen LogP contribution in [0.5, 0.6) is 5.75 Å². The molecule has 0 spiro atoms. The summed E-state index contributed by atoms with van der Waals surface area (Å²) in [4.78, 5) is 16.6. The highest BCUT2D eigenvalue weighted by molar-refractivity contribution is 7.89. The second-order valence-electron chi connectivity index (χ2n) is 9.28. The number of hydrogen-bond acceptors (Lipinski definition) is 6. The molecule has 1 fully saturated rings. The van der Waals surface area contributed by atoms with E-state index in [2.05, 4.69) is 0 Å². The molecule has 2 aromatic carbocycles. The van der Waals surface area contributed by atoms with Crippen LogP contribution in [-0.2, 0) is 26.0 Å². The molecule has 3 heterocycles. The number of hydrogen-bond donors (Lipinski definition) is 0. The van der Waals surface area contributed by atoms with Gasteiger partial charge in [-0.3, -0.25) is 4.79 Å². The fraction of sp³-hybridized carbons (Fsp3) is 0.370. The third-order valence-corrected chi connectivity index (χ3v) is 9.92. The topological polar surface area (TPSA) is 76.2 Å². The number of sulfonamides is 1. The van der Waals surface area contributed by atoms with Crippen molar-refractivity contribution in [3.05, 3.63) is 81.3 Å². The second-order valence-corrected chi connectivity index (χ2v) is 12.7. The van der Waals surface area contributed by atoms with Crippen molar-refractivity contribution in [2.75, 3.05) is 32.8 Å². The van der Waals surface area contributed by atoms with Gasteiger partial charge in [-0.05, 0) is 72.7 Å². The lowest BCUT2D eigenvalue weighted by Gasteiger charge is -2.37. The highest BCUT2D eigenvalue weighted by Gasteiger charge is 2.36. The minimum Gasteiger partial charge on any atom is -0.488 e. The molecule has 2 atom stereocenters. The van der Waals surface area contributed by atoms with Crippen LogP contribution in [0.15, 0.2) is 64.9 Å². The van der Waals surface area contributed by atoms with E-state index >= 15 is 0 Å². The summed E-state index contributed by atoms with van der Waals surface area (Å²) in [7, 11) is -4.00. The Balaban J connectivity index is 1.39. The molecule has 1 aromatic heterocycles. The van der Waals surface area contributed by atoms with Crippen molar-refractivity contribution < 1.29 is 27.1 Å². The van der Waals surface area contributed by atoms with E-state index in [1.807, 2.05) is 11.4 Å². The first-order chi connectivity index (χ1) is 18.3. The molecule has 202 valence electrons. The summed E-state index contributed by atoms with van der Waals surface area (Å²) in [6, 6.07) is 13.5. The molecule has 7 nitrogen and oxygen atoms in total. The third kappa shape index (κ3) is 5.89. The summed E-state index contributed by atoms with van der Waals surface area (Å²) in [6.07, 6.45) is 1.94. The highest BCUT2D eigenvalue weighted by atomic mass is 35.5. The largest absolute Gasteiger partial charge is 0.488 e. The van der Waals surface area contributed by atoms with Crippen molar-refractivity contribution in [2.24, 2.45) is 0 Å². The van der Waals surface area contributed by atoms with E-state index in [1.165, 1.54) is 34.6 Å². The number of carbonyl (C=O) groups excluding carboxylic acids is 1. The van der Waals surface area contributed by atoms with E-state index in [0.29, 0.717) is 24.6 Å². The first-order valence-corrected chi connectivity index (χ1v) is 15.1. The van der Waals surface area contributed by atoms with Crippen LogP contribution < -0.4 is 4.74 Å². The first kappa shape index (κ1) is 27.1. The molecule has 38 heavy (non-hydrogen) atoms. The number of benzene rings is 2. The van der Waals surface area contributed by atoms with Gasteiger partial charge in [-0.25, -0.2) is 12.8 Å². The Morgan fingerprint density at radius 3 is 2.71 bits per heavy atom. The van der Waals surface area contributed by atoms with E-state index in [4.69, 9.17) is 21.1 Å². The summed E-state index contributed by atoms with van der Waals surface area (Å²) in [5.41, 5.74) is 0.942. The molecule has 0 aliphatic carbocycles. The SMILES string of the molecule is O=C(CN(C[C@H]1CCCO1)S(=O)(=O)c1ccc(Cl)cc1)N1CCc2sccc2[C@@H]1COc1ccccc1F. The van der Waals surface area contributed by atoms with Crippen molar-refractivity contribution in [1.82, 2.24) is 9.21 Å². The Morgan fingerprint density at radius 1 is 1.18 bits per heavy atom. The summed E-state index contributed by atoms with van der Waals surface area (Å²) in [5, 5.41) is 2.38. The van der Waals surface area contributed by atoms with Gasteiger partial charge in [0, 0.05) is 29.6 Å². The molecule has 1 saturated heterocycles. The fourth-order valence-corrected chi connectivity index (χ4v) is 7.34. The van der Waals surface area contributed by atoms with Crippen LogP contribution in [0.3, 0.4) is 0 Å². The highest BCUT2D eigenvalue weighted by Crippen LogP contribution is 2.34. The molecule has 0 unspecified atom stereocenters. The van der Waals surface area contributed by atoms with Gasteiger partial charge in [-0.15, -0.1) is 11.3 Å². The maximum atomic E-state index is 14.2. The lowest BCUT2D eigenvalue weighted by atomic mass is 10.0. The molecule has 2 aliphatic rings. The maximum absolute atomic E-state index is 14.2. The Kier molecular flexibility index (Phi) is 8.35. The Morgan fingerprint density at radius 2 is 1.97 bits per heavy atom. The average molecular weight is 579 g/mol. The van der Waals surface area contributed by atoms with Crippen molar-refractivity contribution in [2.45, 2.75) is 36.3 Å². The predicted octanol–water partition coefficient (Wildman–Crippen LogP) is 4.92. The minimum atomic E-state index is -4.00. The molecular weight excluding hydrogens is 551 g/mol. The van der Waals surface area contributed by atoms with Gasteiger partial charge in [0.1, 0.15) is 6.61 Å². The lowest BCUT2D eigenvalue weighted by Crippen LogP contribution is -2.49. The average Bonchev–Trinajstić information content (AvgIpc) is 3.60. The number of ether oxygens (including phenoxy) is 2. The molecule has 5 rings (SSSR count). The molecule has 3 aromatic rings. The molecule has 2 aliphatic heterocycles. The Bertz CT molecular complexity index is 1380. The second kappa shape index (κ2) is 11.7. The fourth-order valence-electron chi connectivity index (χ4n) is 4.87.